The first kappa shape index (κ1) is 27.0. The lowest BCUT2D eigenvalue weighted by Gasteiger charge is -2.12. The molecule has 0 unspecified atom stereocenters. The second-order valence-electron chi connectivity index (χ2n) is 7.36. The smallest absolute Gasteiger partial charge is 0.187 e. The fourth-order valence-corrected chi connectivity index (χ4v) is 3.05. The van der Waals surface area contributed by atoms with E-state index in [2.05, 4.69) is 29.3 Å². The van der Waals surface area contributed by atoms with Crippen molar-refractivity contribution in [2.45, 2.75) is 32.6 Å². The molecular formula is C26H35N3O4S. The number of rotatable bonds is 16. The van der Waals surface area contributed by atoms with Gasteiger partial charge in [-0.2, -0.15) is 5.10 Å². The molecule has 2 aromatic rings. The fraction of sp³-hybridized carbons (Fsp3) is 0.385. The van der Waals surface area contributed by atoms with E-state index in [9.17, 15) is 0 Å². The first-order chi connectivity index (χ1) is 16.7. The first-order valence-corrected chi connectivity index (χ1v) is 11.9. The Hall–Kier alpha value is -3.26. The molecule has 0 aliphatic carbocycles. The lowest BCUT2D eigenvalue weighted by atomic mass is 10.2. The minimum absolute atomic E-state index is 0.379. The minimum atomic E-state index is 0.379. The van der Waals surface area contributed by atoms with Gasteiger partial charge in [0.25, 0.3) is 0 Å². The van der Waals surface area contributed by atoms with Gasteiger partial charge in [0.05, 0.1) is 19.9 Å². The number of unbranched alkanes of at least 4 members (excludes halogenated alkanes) is 3. The number of nitrogens with one attached hydrogen (secondary N) is 2. The quantitative estimate of drug-likeness (QED) is 0.113. The Morgan fingerprint density at radius 2 is 1.65 bits per heavy atom. The van der Waals surface area contributed by atoms with E-state index in [-0.39, 0.29) is 0 Å². The highest BCUT2D eigenvalue weighted by Crippen LogP contribution is 2.27. The van der Waals surface area contributed by atoms with Crippen molar-refractivity contribution in [2.75, 3.05) is 33.5 Å². The molecule has 184 valence electrons. The van der Waals surface area contributed by atoms with Gasteiger partial charge in [-0.25, -0.2) is 0 Å². The molecule has 0 heterocycles. The molecule has 0 amide bonds. The van der Waals surface area contributed by atoms with Crippen LogP contribution in [0.3, 0.4) is 0 Å². The van der Waals surface area contributed by atoms with Gasteiger partial charge in [-0.1, -0.05) is 32.3 Å². The van der Waals surface area contributed by atoms with Crippen LogP contribution in [0.4, 0.5) is 0 Å². The summed E-state index contributed by atoms with van der Waals surface area (Å²) < 4.78 is 22.8. The molecule has 2 N–H and O–H groups in total. The number of thiocarbonyl (C=S) groups is 1. The summed E-state index contributed by atoms with van der Waals surface area (Å²) in [6.07, 6.45) is 8.14. The topological polar surface area (TPSA) is 73.3 Å². The van der Waals surface area contributed by atoms with Gasteiger partial charge >= 0.3 is 0 Å². The van der Waals surface area contributed by atoms with Crippen molar-refractivity contribution < 1.29 is 18.9 Å². The van der Waals surface area contributed by atoms with Crippen LogP contribution in [0.15, 0.2) is 60.2 Å². The lowest BCUT2D eigenvalue weighted by molar-refractivity contribution is 0.211. The molecule has 2 rings (SSSR count). The van der Waals surface area contributed by atoms with Crippen LogP contribution in [0.25, 0.3) is 0 Å². The van der Waals surface area contributed by atoms with Crippen LogP contribution in [0, 0.1) is 0 Å². The van der Waals surface area contributed by atoms with Gasteiger partial charge in [0, 0.05) is 6.54 Å². The standard InChI is InChI=1S/C26H35N3O4S/c1-4-6-7-8-16-31-22-10-12-23(13-11-22)32-17-18-33-24-14-9-21(19-25(24)30-3)20-28-29-26(34)27-15-5-2/h5,9-14,19-20H,2,4,6-8,15-18H2,1,3H3,(H2,27,29,34)/b28-20-. The summed E-state index contributed by atoms with van der Waals surface area (Å²) in [7, 11) is 1.60. The van der Waals surface area contributed by atoms with Gasteiger partial charge < -0.3 is 24.3 Å². The van der Waals surface area contributed by atoms with Crippen LogP contribution < -0.4 is 29.7 Å². The van der Waals surface area contributed by atoms with E-state index in [4.69, 9.17) is 31.2 Å². The van der Waals surface area contributed by atoms with E-state index in [1.54, 1.807) is 19.4 Å². The van der Waals surface area contributed by atoms with Gasteiger partial charge in [-0.3, -0.25) is 5.43 Å². The van der Waals surface area contributed by atoms with Crippen LogP contribution >= 0.6 is 12.2 Å². The van der Waals surface area contributed by atoms with Crippen LogP contribution in [0.1, 0.15) is 38.2 Å². The summed E-state index contributed by atoms with van der Waals surface area (Å²) >= 11 is 5.09. The zero-order valence-electron chi connectivity index (χ0n) is 20.0. The summed E-state index contributed by atoms with van der Waals surface area (Å²) in [5.41, 5.74) is 3.58. The Morgan fingerprint density at radius 1 is 0.941 bits per heavy atom. The summed E-state index contributed by atoms with van der Waals surface area (Å²) in [4.78, 5) is 0. The largest absolute Gasteiger partial charge is 0.494 e. The Labute approximate surface area is 208 Å². The molecule has 0 saturated heterocycles. The molecule has 0 aliphatic rings. The number of hydrogen-bond donors (Lipinski definition) is 2. The number of ether oxygens (including phenoxy) is 4. The Balaban J connectivity index is 1.73. The molecule has 0 radical (unpaired) electrons. The van der Waals surface area contributed by atoms with Gasteiger partial charge in [-0.05, 0) is 66.7 Å². The van der Waals surface area contributed by atoms with E-state index in [1.165, 1.54) is 19.3 Å². The highest BCUT2D eigenvalue weighted by Gasteiger charge is 2.06. The Bertz CT molecular complexity index is 903. The highest BCUT2D eigenvalue weighted by molar-refractivity contribution is 7.80. The summed E-state index contributed by atoms with van der Waals surface area (Å²) in [6.45, 7) is 7.93. The third kappa shape index (κ3) is 10.6. The Morgan fingerprint density at radius 3 is 2.32 bits per heavy atom. The van der Waals surface area contributed by atoms with E-state index >= 15 is 0 Å². The predicted molar refractivity (Wildman–Crippen MR) is 142 cm³/mol. The van der Waals surface area contributed by atoms with Crippen molar-refractivity contribution in [3.05, 3.63) is 60.7 Å². The van der Waals surface area contributed by atoms with E-state index in [0.717, 1.165) is 30.1 Å². The van der Waals surface area contributed by atoms with E-state index < -0.39 is 0 Å². The highest BCUT2D eigenvalue weighted by atomic mass is 32.1. The van der Waals surface area contributed by atoms with Crippen molar-refractivity contribution in [2.24, 2.45) is 5.10 Å². The predicted octanol–water partition coefficient (Wildman–Crippen LogP) is 5.10. The number of nitrogens with zero attached hydrogens (tertiary/aromatic N) is 1. The van der Waals surface area contributed by atoms with Crippen molar-refractivity contribution in [1.82, 2.24) is 10.7 Å². The molecule has 0 aromatic heterocycles. The molecule has 8 heteroatoms. The molecule has 2 aromatic carbocycles. The normalized spacial score (nSPS) is 10.5. The zero-order chi connectivity index (χ0) is 24.4. The average Bonchev–Trinajstić information content (AvgIpc) is 2.86. The minimum Gasteiger partial charge on any atom is -0.494 e. The SMILES string of the molecule is C=CCNC(=S)N/N=C\c1ccc(OCCOc2ccc(OCCCCCC)cc2)c(OC)c1. The zero-order valence-corrected chi connectivity index (χ0v) is 20.9. The molecule has 0 aliphatic heterocycles. The van der Waals surface area contributed by atoms with Crippen LogP contribution in [0.5, 0.6) is 23.0 Å². The lowest BCUT2D eigenvalue weighted by Crippen LogP contribution is -2.31. The molecular weight excluding hydrogens is 450 g/mol. The summed E-state index contributed by atoms with van der Waals surface area (Å²) in [6, 6.07) is 13.2. The van der Waals surface area contributed by atoms with Crippen molar-refractivity contribution in [3.8, 4) is 23.0 Å². The Kier molecular flexibility index (Phi) is 13.0. The maximum atomic E-state index is 5.83. The number of methoxy groups -OCH3 is 1. The second-order valence-corrected chi connectivity index (χ2v) is 7.76. The van der Waals surface area contributed by atoms with E-state index in [1.807, 2.05) is 42.5 Å². The van der Waals surface area contributed by atoms with Crippen molar-refractivity contribution in [1.29, 1.82) is 0 Å². The molecule has 0 bridgehead atoms. The summed E-state index contributed by atoms with van der Waals surface area (Å²) in [5, 5.41) is 7.46. The summed E-state index contributed by atoms with van der Waals surface area (Å²) in [5.74, 6) is 2.87. The molecule has 0 atom stereocenters. The molecule has 7 nitrogen and oxygen atoms in total. The number of hydrazone groups is 1. The van der Waals surface area contributed by atoms with Crippen LogP contribution in [-0.2, 0) is 0 Å². The molecule has 0 fully saturated rings. The average molecular weight is 486 g/mol. The first-order valence-electron chi connectivity index (χ1n) is 11.5. The molecule has 0 saturated carbocycles. The van der Waals surface area contributed by atoms with Crippen molar-refractivity contribution >= 4 is 23.5 Å². The van der Waals surface area contributed by atoms with Crippen molar-refractivity contribution in [3.63, 3.8) is 0 Å². The van der Waals surface area contributed by atoms with E-state index in [0.29, 0.717) is 36.4 Å². The van der Waals surface area contributed by atoms with Gasteiger partial charge in [-0.15, -0.1) is 6.58 Å². The third-order valence-corrected chi connectivity index (χ3v) is 4.91. The monoisotopic (exact) mass is 485 g/mol. The van der Waals surface area contributed by atoms with Crippen LogP contribution in [0.2, 0.25) is 0 Å². The molecule has 0 spiro atoms. The maximum absolute atomic E-state index is 5.83. The third-order valence-electron chi connectivity index (χ3n) is 4.67. The molecule has 34 heavy (non-hydrogen) atoms. The maximum Gasteiger partial charge on any atom is 0.187 e. The second kappa shape index (κ2) is 16.4. The van der Waals surface area contributed by atoms with Crippen LogP contribution in [-0.4, -0.2) is 44.8 Å². The fourth-order valence-electron chi connectivity index (χ4n) is 2.92. The number of benzene rings is 2. The number of hydrogen-bond acceptors (Lipinski definition) is 6. The van der Waals surface area contributed by atoms with Gasteiger partial charge in [0.2, 0.25) is 0 Å². The van der Waals surface area contributed by atoms with Gasteiger partial charge in [0.1, 0.15) is 24.7 Å². The van der Waals surface area contributed by atoms with Gasteiger partial charge in [0.15, 0.2) is 16.6 Å².